The van der Waals surface area contributed by atoms with Crippen molar-refractivity contribution in [2.45, 2.75) is 38.7 Å². The summed E-state index contributed by atoms with van der Waals surface area (Å²) in [5, 5.41) is 0. The van der Waals surface area contributed by atoms with Crippen molar-refractivity contribution in [1.82, 2.24) is 4.90 Å². The maximum absolute atomic E-state index is 13.1. The molecule has 0 unspecified atom stereocenters. The normalized spacial score (nSPS) is 18.3. The van der Waals surface area contributed by atoms with Crippen LogP contribution in [0.25, 0.3) is 0 Å². The van der Waals surface area contributed by atoms with Gasteiger partial charge in [-0.2, -0.15) is 0 Å². The van der Waals surface area contributed by atoms with Crippen molar-refractivity contribution in [3.8, 4) is 11.5 Å². The van der Waals surface area contributed by atoms with E-state index in [1.807, 2.05) is 30.3 Å². The van der Waals surface area contributed by atoms with E-state index in [1.165, 1.54) is 5.56 Å². The van der Waals surface area contributed by atoms with Crippen molar-refractivity contribution >= 4 is 17.5 Å². The lowest BCUT2D eigenvalue weighted by Gasteiger charge is -2.37. The third kappa shape index (κ3) is 5.47. The number of carbonyl (C=O) groups is 2. The second-order valence-electron chi connectivity index (χ2n) is 9.39. The lowest BCUT2D eigenvalue weighted by Crippen LogP contribution is -2.54. The van der Waals surface area contributed by atoms with Gasteiger partial charge in [0.25, 0.3) is 5.91 Å². The molecule has 176 valence electrons. The molecule has 0 spiro atoms. The summed E-state index contributed by atoms with van der Waals surface area (Å²) in [4.78, 5) is 29.5. The third-order valence-corrected chi connectivity index (χ3v) is 5.98. The van der Waals surface area contributed by atoms with Gasteiger partial charge in [-0.3, -0.25) is 9.59 Å². The number of hydrogen-bond donors (Lipinski definition) is 0. The van der Waals surface area contributed by atoms with Crippen molar-refractivity contribution in [3.63, 3.8) is 0 Å². The SMILES string of the molecule is CC(C)(C)c1ccc(OCCC(=O)N2C[C@H](C(=O)N3CCOCC3)Oc3ccccc32)cc1. The summed E-state index contributed by atoms with van der Waals surface area (Å²) in [5.41, 5.74) is 1.99. The molecule has 2 aliphatic rings. The van der Waals surface area contributed by atoms with Crippen molar-refractivity contribution in [3.05, 3.63) is 54.1 Å². The molecular formula is C26H32N2O5. The topological polar surface area (TPSA) is 68.3 Å². The molecule has 2 heterocycles. The number of ether oxygens (including phenoxy) is 3. The molecule has 2 amide bonds. The number of para-hydroxylation sites is 2. The molecule has 0 N–H and O–H groups in total. The van der Waals surface area contributed by atoms with Gasteiger partial charge in [0, 0.05) is 13.1 Å². The Bertz CT molecular complexity index is 977. The van der Waals surface area contributed by atoms with E-state index in [0.29, 0.717) is 37.7 Å². The molecule has 0 aromatic heterocycles. The molecule has 2 aliphatic heterocycles. The number of nitrogens with zero attached hydrogens (tertiary/aromatic N) is 2. The van der Waals surface area contributed by atoms with Crippen molar-refractivity contribution in [2.24, 2.45) is 0 Å². The summed E-state index contributed by atoms with van der Waals surface area (Å²) in [7, 11) is 0. The van der Waals surface area contributed by atoms with E-state index < -0.39 is 6.10 Å². The Morgan fingerprint density at radius 1 is 1.03 bits per heavy atom. The van der Waals surface area contributed by atoms with Crippen LogP contribution in [-0.4, -0.2) is 62.3 Å². The molecule has 1 fully saturated rings. The maximum atomic E-state index is 13.1. The smallest absolute Gasteiger partial charge is 0.265 e. The van der Waals surface area contributed by atoms with Gasteiger partial charge in [-0.25, -0.2) is 0 Å². The minimum Gasteiger partial charge on any atom is -0.493 e. The summed E-state index contributed by atoms with van der Waals surface area (Å²) in [6, 6.07) is 15.3. The van der Waals surface area contributed by atoms with Crippen LogP contribution in [0.15, 0.2) is 48.5 Å². The highest BCUT2D eigenvalue weighted by molar-refractivity contribution is 5.97. The van der Waals surface area contributed by atoms with Gasteiger partial charge < -0.3 is 24.0 Å². The van der Waals surface area contributed by atoms with Gasteiger partial charge in [-0.1, -0.05) is 45.0 Å². The fourth-order valence-corrected chi connectivity index (χ4v) is 4.03. The number of anilines is 1. The fraction of sp³-hybridized carbons (Fsp3) is 0.462. The first-order valence-corrected chi connectivity index (χ1v) is 11.5. The van der Waals surface area contributed by atoms with Gasteiger partial charge in [-0.15, -0.1) is 0 Å². The number of carbonyl (C=O) groups excluding carboxylic acids is 2. The van der Waals surface area contributed by atoms with Crippen LogP contribution >= 0.6 is 0 Å². The zero-order chi connectivity index (χ0) is 23.4. The molecule has 0 aliphatic carbocycles. The molecule has 4 rings (SSSR count). The predicted molar refractivity (Wildman–Crippen MR) is 126 cm³/mol. The summed E-state index contributed by atoms with van der Waals surface area (Å²) in [6.45, 7) is 9.06. The van der Waals surface area contributed by atoms with Gasteiger partial charge in [0.2, 0.25) is 5.91 Å². The number of fused-ring (bicyclic) bond motifs is 1. The maximum Gasteiger partial charge on any atom is 0.265 e. The van der Waals surface area contributed by atoms with Crippen molar-refractivity contribution < 1.29 is 23.8 Å². The van der Waals surface area contributed by atoms with E-state index in [4.69, 9.17) is 14.2 Å². The molecule has 2 aromatic rings. The van der Waals surface area contributed by atoms with E-state index in [0.717, 1.165) is 5.75 Å². The van der Waals surface area contributed by atoms with Crippen molar-refractivity contribution in [1.29, 1.82) is 0 Å². The number of morpholine rings is 1. The highest BCUT2D eigenvalue weighted by Crippen LogP contribution is 2.34. The first-order valence-electron chi connectivity index (χ1n) is 11.5. The first kappa shape index (κ1) is 23.1. The average Bonchev–Trinajstić information content (AvgIpc) is 2.83. The van der Waals surface area contributed by atoms with Crippen LogP contribution in [0.5, 0.6) is 11.5 Å². The largest absolute Gasteiger partial charge is 0.493 e. The molecule has 1 saturated heterocycles. The second-order valence-corrected chi connectivity index (χ2v) is 9.39. The molecule has 7 heteroatoms. The van der Waals surface area contributed by atoms with Gasteiger partial charge in [-0.05, 0) is 35.2 Å². The van der Waals surface area contributed by atoms with Gasteiger partial charge in [0.15, 0.2) is 6.10 Å². The summed E-state index contributed by atoms with van der Waals surface area (Å²) in [6.07, 6.45) is -0.527. The van der Waals surface area contributed by atoms with Crippen LogP contribution in [0.4, 0.5) is 5.69 Å². The summed E-state index contributed by atoms with van der Waals surface area (Å²) in [5.74, 6) is 1.07. The minimum absolute atomic E-state index is 0.0768. The minimum atomic E-state index is -0.729. The second kappa shape index (κ2) is 9.83. The molecule has 2 aromatic carbocycles. The van der Waals surface area contributed by atoms with Crippen LogP contribution in [0.2, 0.25) is 0 Å². The highest BCUT2D eigenvalue weighted by Gasteiger charge is 2.36. The van der Waals surface area contributed by atoms with Crippen molar-refractivity contribution in [2.75, 3.05) is 44.4 Å². The van der Waals surface area contributed by atoms with E-state index in [9.17, 15) is 9.59 Å². The average molecular weight is 453 g/mol. The highest BCUT2D eigenvalue weighted by atomic mass is 16.5. The van der Waals surface area contributed by atoms with Crippen LogP contribution < -0.4 is 14.4 Å². The third-order valence-electron chi connectivity index (χ3n) is 5.98. The Morgan fingerprint density at radius 3 is 2.42 bits per heavy atom. The van der Waals surface area contributed by atoms with Crippen LogP contribution in [-0.2, 0) is 19.7 Å². The number of amides is 2. The fourth-order valence-electron chi connectivity index (χ4n) is 4.03. The van der Waals surface area contributed by atoms with E-state index in [2.05, 4.69) is 32.9 Å². The Labute approximate surface area is 195 Å². The van der Waals surface area contributed by atoms with Gasteiger partial charge in [0.1, 0.15) is 11.5 Å². The standard InChI is InChI=1S/C26H32N2O5/c1-26(2,3)19-8-10-20(11-9-19)32-15-12-24(29)28-18-23(25(30)27-13-16-31-17-14-27)33-22-7-5-4-6-21(22)28/h4-11,23H,12-18H2,1-3H3/t23-/m1/s1. The van der Waals surface area contributed by atoms with Crippen LogP contribution in [0, 0.1) is 0 Å². The molecular weight excluding hydrogens is 420 g/mol. The number of hydrogen-bond acceptors (Lipinski definition) is 5. The Hall–Kier alpha value is -3.06. The quantitative estimate of drug-likeness (QED) is 0.696. The molecule has 0 bridgehead atoms. The number of benzene rings is 2. The van der Waals surface area contributed by atoms with Crippen LogP contribution in [0.3, 0.4) is 0 Å². The molecule has 0 saturated carbocycles. The molecule has 0 radical (unpaired) electrons. The molecule has 33 heavy (non-hydrogen) atoms. The first-order chi connectivity index (χ1) is 15.8. The lowest BCUT2D eigenvalue weighted by molar-refractivity contribution is -0.142. The zero-order valence-corrected chi connectivity index (χ0v) is 19.6. The molecule has 1 atom stereocenters. The Morgan fingerprint density at radius 2 is 1.73 bits per heavy atom. The van der Waals surface area contributed by atoms with E-state index in [1.54, 1.807) is 15.9 Å². The van der Waals surface area contributed by atoms with Gasteiger partial charge >= 0.3 is 0 Å². The Balaban J connectivity index is 1.39. The van der Waals surface area contributed by atoms with E-state index >= 15 is 0 Å². The lowest BCUT2D eigenvalue weighted by atomic mass is 9.87. The monoisotopic (exact) mass is 452 g/mol. The zero-order valence-electron chi connectivity index (χ0n) is 19.6. The number of rotatable bonds is 5. The van der Waals surface area contributed by atoms with Crippen LogP contribution in [0.1, 0.15) is 32.8 Å². The van der Waals surface area contributed by atoms with Gasteiger partial charge in [0.05, 0.1) is 38.5 Å². The molecule has 7 nitrogen and oxygen atoms in total. The van der Waals surface area contributed by atoms with E-state index in [-0.39, 0.29) is 36.8 Å². The summed E-state index contributed by atoms with van der Waals surface area (Å²) >= 11 is 0. The summed E-state index contributed by atoms with van der Waals surface area (Å²) < 4.78 is 17.2. The Kier molecular flexibility index (Phi) is 6.88. The predicted octanol–water partition coefficient (Wildman–Crippen LogP) is 3.41.